The summed E-state index contributed by atoms with van der Waals surface area (Å²) in [5, 5.41) is 17.3. The van der Waals surface area contributed by atoms with Crippen LogP contribution < -0.4 is 0 Å². The molecule has 2 heterocycles. The van der Waals surface area contributed by atoms with E-state index >= 15 is 0 Å². The molecular formula is C9H11N3O2. The zero-order valence-electron chi connectivity index (χ0n) is 8.01. The first-order chi connectivity index (χ1) is 6.68. The highest BCUT2D eigenvalue weighted by atomic mass is 16.4. The summed E-state index contributed by atoms with van der Waals surface area (Å²) >= 11 is 0. The molecule has 0 saturated heterocycles. The molecule has 74 valence electrons. The summed E-state index contributed by atoms with van der Waals surface area (Å²) in [6.07, 6.45) is 0.685. The minimum absolute atomic E-state index is 0.472. The molecule has 0 amide bonds. The fraction of sp³-hybridized carbons (Fsp3) is 0.333. The molecule has 0 saturated carbocycles. The number of aliphatic hydroxyl groups excluding tert-OH is 1. The van der Waals surface area contributed by atoms with Crippen LogP contribution in [0.15, 0.2) is 22.9 Å². The van der Waals surface area contributed by atoms with Gasteiger partial charge in [-0.1, -0.05) is 0 Å². The molecule has 0 radical (unpaired) electrons. The van der Waals surface area contributed by atoms with Gasteiger partial charge in [0.15, 0.2) is 11.9 Å². The second kappa shape index (κ2) is 3.26. The van der Waals surface area contributed by atoms with Gasteiger partial charge in [0.1, 0.15) is 17.8 Å². The monoisotopic (exact) mass is 193 g/mol. The van der Waals surface area contributed by atoms with Gasteiger partial charge in [0.2, 0.25) is 0 Å². The Balaban J connectivity index is 2.33. The third kappa shape index (κ3) is 1.42. The van der Waals surface area contributed by atoms with Crippen LogP contribution in [0.1, 0.15) is 23.4 Å². The summed E-state index contributed by atoms with van der Waals surface area (Å²) < 4.78 is 6.95. The van der Waals surface area contributed by atoms with Gasteiger partial charge in [-0.3, -0.25) is 0 Å². The number of rotatable bonds is 2. The Morgan fingerprint density at radius 2 is 2.29 bits per heavy atom. The number of hydrogen-bond donors (Lipinski definition) is 1. The fourth-order valence-electron chi connectivity index (χ4n) is 1.27. The van der Waals surface area contributed by atoms with Gasteiger partial charge in [-0.25, -0.2) is 0 Å². The Kier molecular flexibility index (Phi) is 2.09. The standard InChI is InChI=1S/C9H11N3O2/c1-6-3-4-7(14-6)8(13)9-11-10-5-12(9)2/h3-5,8,13H,1-2H3. The van der Waals surface area contributed by atoms with Gasteiger partial charge >= 0.3 is 0 Å². The number of aromatic nitrogens is 3. The van der Waals surface area contributed by atoms with Gasteiger partial charge in [0.05, 0.1) is 0 Å². The van der Waals surface area contributed by atoms with Crippen molar-refractivity contribution >= 4 is 0 Å². The van der Waals surface area contributed by atoms with Crippen molar-refractivity contribution in [2.45, 2.75) is 13.0 Å². The Labute approximate surface area is 81.0 Å². The summed E-state index contributed by atoms with van der Waals surface area (Å²) in [4.78, 5) is 0. The van der Waals surface area contributed by atoms with Gasteiger partial charge in [-0.15, -0.1) is 10.2 Å². The maximum atomic E-state index is 9.86. The Bertz CT molecular complexity index is 433. The molecule has 0 bridgehead atoms. The number of furan rings is 1. The van der Waals surface area contributed by atoms with Crippen LogP contribution in [-0.4, -0.2) is 19.9 Å². The smallest absolute Gasteiger partial charge is 0.171 e. The zero-order chi connectivity index (χ0) is 10.1. The lowest BCUT2D eigenvalue weighted by atomic mass is 10.2. The first kappa shape index (κ1) is 8.96. The average molecular weight is 193 g/mol. The van der Waals surface area contributed by atoms with Crippen molar-refractivity contribution in [2.75, 3.05) is 0 Å². The van der Waals surface area contributed by atoms with E-state index in [9.17, 15) is 5.11 Å². The Hall–Kier alpha value is -1.62. The Morgan fingerprint density at radius 1 is 1.50 bits per heavy atom. The molecule has 5 heteroatoms. The van der Waals surface area contributed by atoms with Crippen LogP contribution in [0.2, 0.25) is 0 Å². The predicted molar refractivity (Wildman–Crippen MR) is 48.5 cm³/mol. The van der Waals surface area contributed by atoms with E-state index in [-0.39, 0.29) is 0 Å². The lowest BCUT2D eigenvalue weighted by molar-refractivity contribution is 0.174. The molecular weight excluding hydrogens is 182 g/mol. The predicted octanol–water partition coefficient (Wildman–Crippen LogP) is 0.798. The molecule has 14 heavy (non-hydrogen) atoms. The minimum atomic E-state index is -0.851. The molecule has 0 fully saturated rings. The lowest BCUT2D eigenvalue weighted by Crippen LogP contribution is -2.05. The molecule has 2 rings (SSSR count). The topological polar surface area (TPSA) is 64.1 Å². The highest BCUT2D eigenvalue weighted by Crippen LogP contribution is 2.21. The molecule has 1 unspecified atom stereocenters. The van der Waals surface area contributed by atoms with Gasteiger partial charge < -0.3 is 14.1 Å². The van der Waals surface area contributed by atoms with E-state index in [4.69, 9.17) is 4.42 Å². The number of nitrogens with zero attached hydrogens (tertiary/aromatic N) is 3. The van der Waals surface area contributed by atoms with Gasteiger partial charge in [-0.2, -0.15) is 0 Å². The van der Waals surface area contributed by atoms with Gasteiger partial charge in [-0.05, 0) is 19.1 Å². The minimum Gasteiger partial charge on any atom is -0.463 e. The van der Waals surface area contributed by atoms with Crippen molar-refractivity contribution in [3.8, 4) is 0 Å². The van der Waals surface area contributed by atoms with Crippen LogP contribution in [0, 0.1) is 6.92 Å². The molecule has 0 spiro atoms. The Morgan fingerprint density at radius 3 is 2.79 bits per heavy atom. The van der Waals surface area contributed by atoms with Gasteiger partial charge in [0, 0.05) is 7.05 Å². The number of aryl methyl sites for hydroxylation is 2. The van der Waals surface area contributed by atoms with Crippen molar-refractivity contribution in [3.63, 3.8) is 0 Å². The number of hydrogen-bond acceptors (Lipinski definition) is 4. The number of aliphatic hydroxyl groups is 1. The maximum absolute atomic E-state index is 9.86. The van der Waals surface area contributed by atoms with Crippen molar-refractivity contribution in [3.05, 3.63) is 35.8 Å². The van der Waals surface area contributed by atoms with E-state index in [0.29, 0.717) is 11.6 Å². The van der Waals surface area contributed by atoms with E-state index in [1.54, 1.807) is 23.7 Å². The third-order valence-electron chi connectivity index (χ3n) is 2.02. The SMILES string of the molecule is Cc1ccc(C(O)c2nncn2C)o1. The van der Waals surface area contributed by atoms with Crippen LogP contribution in [0.3, 0.4) is 0 Å². The molecule has 2 aromatic rings. The van der Waals surface area contributed by atoms with E-state index in [0.717, 1.165) is 5.76 Å². The fourth-order valence-corrected chi connectivity index (χ4v) is 1.27. The van der Waals surface area contributed by atoms with E-state index in [1.165, 1.54) is 6.33 Å². The molecule has 0 aliphatic heterocycles. The second-order valence-electron chi connectivity index (χ2n) is 3.15. The van der Waals surface area contributed by atoms with Gasteiger partial charge in [0.25, 0.3) is 0 Å². The molecule has 1 N–H and O–H groups in total. The normalized spacial score (nSPS) is 13.1. The summed E-state index contributed by atoms with van der Waals surface area (Å²) in [6, 6.07) is 3.53. The van der Waals surface area contributed by atoms with E-state index in [1.807, 2.05) is 6.92 Å². The zero-order valence-corrected chi connectivity index (χ0v) is 8.01. The summed E-state index contributed by atoms with van der Waals surface area (Å²) in [7, 11) is 1.77. The van der Waals surface area contributed by atoms with Crippen LogP contribution >= 0.6 is 0 Å². The molecule has 1 atom stereocenters. The first-order valence-electron chi connectivity index (χ1n) is 4.27. The molecule has 0 aliphatic carbocycles. The molecule has 2 aromatic heterocycles. The van der Waals surface area contributed by atoms with Crippen molar-refractivity contribution in [2.24, 2.45) is 7.05 Å². The largest absolute Gasteiger partial charge is 0.463 e. The first-order valence-corrected chi connectivity index (χ1v) is 4.27. The summed E-state index contributed by atoms with van der Waals surface area (Å²) in [6.45, 7) is 1.83. The summed E-state index contributed by atoms with van der Waals surface area (Å²) in [5.74, 6) is 1.72. The summed E-state index contributed by atoms with van der Waals surface area (Å²) in [5.41, 5.74) is 0. The van der Waals surface area contributed by atoms with Crippen molar-refractivity contribution < 1.29 is 9.52 Å². The highest BCUT2D eigenvalue weighted by molar-refractivity contribution is 5.14. The lowest BCUT2D eigenvalue weighted by Gasteiger charge is -2.05. The van der Waals surface area contributed by atoms with Crippen LogP contribution in [0.4, 0.5) is 0 Å². The van der Waals surface area contributed by atoms with E-state index < -0.39 is 6.10 Å². The van der Waals surface area contributed by atoms with Crippen molar-refractivity contribution in [1.29, 1.82) is 0 Å². The molecule has 0 aliphatic rings. The maximum Gasteiger partial charge on any atom is 0.171 e. The van der Waals surface area contributed by atoms with Crippen LogP contribution in [0.25, 0.3) is 0 Å². The highest BCUT2D eigenvalue weighted by Gasteiger charge is 2.18. The van der Waals surface area contributed by atoms with Crippen LogP contribution in [-0.2, 0) is 7.05 Å². The molecule has 5 nitrogen and oxygen atoms in total. The van der Waals surface area contributed by atoms with Crippen LogP contribution in [0.5, 0.6) is 0 Å². The van der Waals surface area contributed by atoms with E-state index in [2.05, 4.69) is 10.2 Å². The molecule has 0 aromatic carbocycles. The van der Waals surface area contributed by atoms with Crippen molar-refractivity contribution in [1.82, 2.24) is 14.8 Å². The quantitative estimate of drug-likeness (QED) is 0.766. The average Bonchev–Trinajstić information content (AvgIpc) is 2.73. The second-order valence-corrected chi connectivity index (χ2v) is 3.15. The third-order valence-corrected chi connectivity index (χ3v) is 2.02.